The van der Waals surface area contributed by atoms with Gasteiger partial charge in [0, 0.05) is 24.5 Å². The first kappa shape index (κ1) is 14.6. The van der Waals surface area contributed by atoms with E-state index in [9.17, 15) is 4.79 Å². The summed E-state index contributed by atoms with van der Waals surface area (Å²) in [6, 6.07) is 12.1. The van der Waals surface area contributed by atoms with E-state index in [1.807, 2.05) is 24.3 Å². The molecule has 21 heavy (non-hydrogen) atoms. The summed E-state index contributed by atoms with van der Waals surface area (Å²) in [6.07, 6.45) is 0.824. The molecule has 2 N–H and O–H groups in total. The van der Waals surface area contributed by atoms with Gasteiger partial charge in [-0.05, 0) is 29.7 Å². The summed E-state index contributed by atoms with van der Waals surface area (Å²) in [5.74, 6) is -0.000762. The molecule has 5 heteroatoms. The topological polar surface area (TPSA) is 41.1 Å². The summed E-state index contributed by atoms with van der Waals surface area (Å²) in [6.45, 7) is 2.19. The highest BCUT2D eigenvalue weighted by Gasteiger charge is 2.25. The molecule has 3 nitrogen and oxygen atoms in total. The Morgan fingerprint density at radius 2 is 2.19 bits per heavy atom. The van der Waals surface area contributed by atoms with Gasteiger partial charge in [0.15, 0.2) is 0 Å². The van der Waals surface area contributed by atoms with Gasteiger partial charge in [-0.15, -0.1) is 11.3 Å². The number of benzene rings is 1. The Morgan fingerprint density at radius 1 is 1.33 bits per heavy atom. The molecule has 0 saturated heterocycles. The number of amides is 1. The number of halogens is 1. The van der Waals surface area contributed by atoms with Gasteiger partial charge in [0.05, 0.1) is 10.3 Å². The molecule has 3 rings (SSSR count). The van der Waals surface area contributed by atoms with Gasteiger partial charge in [0.1, 0.15) is 0 Å². The smallest absolute Gasteiger partial charge is 0.228 e. The van der Waals surface area contributed by atoms with Gasteiger partial charge in [-0.3, -0.25) is 4.79 Å². The highest BCUT2D eigenvalue weighted by Crippen LogP contribution is 2.24. The van der Waals surface area contributed by atoms with Gasteiger partial charge in [-0.1, -0.05) is 35.9 Å². The number of nitrogens with one attached hydrogen (secondary N) is 2. The maximum absolute atomic E-state index is 12.4. The Morgan fingerprint density at radius 3 is 3.00 bits per heavy atom. The molecule has 0 aliphatic carbocycles. The number of carbonyl (C=O) groups is 1. The Bertz CT molecular complexity index is 641. The van der Waals surface area contributed by atoms with Crippen molar-refractivity contribution in [3.05, 3.63) is 56.7 Å². The Labute approximate surface area is 133 Å². The van der Waals surface area contributed by atoms with E-state index >= 15 is 0 Å². The fraction of sp³-hybridized carbons (Fsp3) is 0.312. The van der Waals surface area contributed by atoms with Crippen LogP contribution in [0.15, 0.2) is 36.4 Å². The second-order valence-electron chi connectivity index (χ2n) is 5.13. The second kappa shape index (κ2) is 6.60. The molecule has 1 aliphatic rings. The van der Waals surface area contributed by atoms with Gasteiger partial charge in [0.2, 0.25) is 5.91 Å². The van der Waals surface area contributed by atoms with Crippen molar-refractivity contribution in [2.75, 3.05) is 13.1 Å². The van der Waals surface area contributed by atoms with E-state index in [0.29, 0.717) is 13.1 Å². The van der Waals surface area contributed by atoms with Crippen LogP contribution in [0.2, 0.25) is 4.34 Å². The Hall–Kier alpha value is -1.36. The minimum absolute atomic E-state index is 0.0947. The zero-order chi connectivity index (χ0) is 14.7. The minimum atomic E-state index is -0.0955. The van der Waals surface area contributed by atoms with Crippen LogP contribution >= 0.6 is 22.9 Å². The van der Waals surface area contributed by atoms with E-state index in [2.05, 4.69) is 22.8 Å². The first-order valence-electron chi connectivity index (χ1n) is 7.04. The van der Waals surface area contributed by atoms with E-state index in [0.717, 1.165) is 22.9 Å². The predicted molar refractivity (Wildman–Crippen MR) is 86.9 cm³/mol. The van der Waals surface area contributed by atoms with Crippen LogP contribution in [0.3, 0.4) is 0 Å². The maximum Gasteiger partial charge on any atom is 0.228 e. The Kier molecular flexibility index (Phi) is 4.58. The second-order valence-corrected chi connectivity index (χ2v) is 6.93. The fourth-order valence-electron chi connectivity index (χ4n) is 2.65. The highest BCUT2D eigenvalue weighted by molar-refractivity contribution is 7.16. The molecule has 1 aromatic heterocycles. The molecule has 1 aliphatic heterocycles. The molecule has 0 saturated carbocycles. The lowest BCUT2D eigenvalue weighted by Gasteiger charge is -2.25. The lowest BCUT2D eigenvalue weighted by molar-refractivity contribution is -0.122. The summed E-state index contributed by atoms with van der Waals surface area (Å²) in [5, 5.41) is 6.34. The van der Waals surface area contributed by atoms with Gasteiger partial charge in [-0.2, -0.15) is 0 Å². The van der Waals surface area contributed by atoms with Crippen molar-refractivity contribution in [2.24, 2.45) is 0 Å². The largest absolute Gasteiger partial charge is 0.355 e. The lowest BCUT2D eigenvalue weighted by Crippen LogP contribution is -2.39. The molecule has 2 heterocycles. The van der Waals surface area contributed by atoms with E-state index in [1.54, 1.807) is 11.3 Å². The van der Waals surface area contributed by atoms with Gasteiger partial charge in [-0.25, -0.2) is 0 Å². The highest BCUT2D eigenvalue weighted by atomic mass is 35.5. The van der Waals surface area contributed by atoms with Crippen LogP contribution in [-0.2, 0) is 17.8 Å². The van der Waals surface area contributed by atoms with Crippen LogP contribution < -0.4 is 10.6 Å². The van der Waals surface area contributed by atoms with Crippen molar-refractivity contribution < 1.29 is 4.79 Å². The van der Waals surface area contributed by atoms with E-state index in [1.165, 1.54) is 10.4 Å². The van der Waals surface area contributed by atoms with Crippen LogP contribution in [0.25, 0.3) is 0 Å². The lowest BCUT2D eigenvalue weighted by atomic mass is 9.90. The molecule has 0 fully saturated rings. The molecule has 1 atom stereocenters. The van der Waals surface area contributed by atoms with E-state index < -0.39 is 0 Å². The Balaban J connectivity index is 1.59. The van der Waals surface area contributed by atoms with Gasteiger partial charge in [0.25, 0.3) is 0 Å². The minimum Gasteiger partial charge on any atom is -0.355 e. The van der Waals surface area contributed by atoms with Crippen molar-refractivity contribution in [3.63, 3.8) is 0 Å². The van der Waals surface area contributed by atoms with Crippen LogP contribution in [0, 0.1) is 0 Å². The number of thiophene rings is 1. The van der Waals surface area contributed by atoms with Crippen molar-refractivity contribution in [3.8, 4) is 0 Å². The zero-order valence-electron chi connectivity index (χ0n) is 11.6. The molecule has 0 spiro atoms. The predicted octanol–water partition coefficient (Wildman–Crippen LogP) is 2.95. The molecular weight excluding hydrogens is 304 g/mol. The third kappa shape index (κ3) is 3.46. The van der Waals surface area contributed by atoms with Crippen molar-refractivity contribution in [2.45, 2.75) is 18.9 Å². The third-order valence-electron chi connectivity index (χ3n) is 3.71. The number of hydrogen-bond acceptors (Lipinski definition) is 3. The summed E-state index contributed by atoms with van der Waals surface area (Å²) in [4.78, 5) is 13.6. The van der Waals surface area contributed by atoms with Crippen LogP contribution in [-0.4, -0.2) is 19.0 Å². The molecule has 1 aromatic carbocycles. The van der Waals surface area contributed by atoms with Gasteiger partial charge >= 0.3 is 0 Å². The van der Waals surface area contributed by atoms with Crippen molar-refractivity contribution in [1.29, 1.82) is 0 Å². The molecule has 1 amide bonds. The number of fused-ring (bicyclic) bond motifs is 1. The first-order valence-corrected chi connectivity index (χ1v) is 8.24. The maximum atomic E-state index is 12.4. The number of carbonyl (C=O) groups excluding carboxylic acids is 1. The molecule has 0 bridgehead atoms. The van der Waals surface area contributed by atoms with Crippen LogP contribution in [0.5, 0.6) is 0 Å². The fourth-order valence-corrected chi connectivity index (χ4v) is 3.74. The SMILES string of the molecule is O=C(NCCc1ccc(Cl)s1)C1CNCc2ccccc21. The van der Waals surface area contributed by atoms with E-state index in [-0.39, 0.29) is 11.8 Å². The quantitative estimate of drug-likeness (QED) is 0.909. The van der Waals surface area contributed by atoms with Crippen molar-refractivity contribution >= 4 is 28.8 Å². The first-order chi connectivity index (χ1) is 10.2. The normalized spacial score (nSPS) is 17.3. The molecule has 0 radical (unpaired) electrons. The van der Waals surface area contributed by atoms with Crippen LogP contribution in [0.4, 0.5) is 0 Å². The summed E-state index contributed by atoms with van der Waals surface area (Å²) < 4.78 is 0.793. The average Bonchev–Trinajstić information content (AvgIpc) is 2.92. The van der Waals surface area contributed by atoms with E-state index in [4.69, 9.17) is 11.6 Å². The van der Waals surface area contributed by atoms with Crippen molar-refractivity contribution in [1.82, 2.24) is 10.6 Å². The monoisotopic (exact) mass is 320 g/mol. The standard InChI is InChI=1S/C16H17ClN2OS/c17-15-6-5-12(21-15)7-8-19-16(20)14-10-18-9-11-3-1-2-4-13(11)14/h1-6,14,18H,7-10H2,(H,19,20). The summed E-state index contributed by atoms with van der Waals surface area (Å²) in [5.41, 5.74) is 2.36. The third-order valence-corrected chi connectivity index (χ3v) is 5.00. The number of rotatable bonds is 4. The average molecular weight is 321 g/mol. The summed E-state index contributed by atoms with van der Waals surface area (Å²) >= 11 is 7.47. The molecule has 1 unspecified atom stereocenters. The molecular formula is C16H17ClN2OS. The molecule has 2 aromatic rings. The summed E-state index contributed by atoms with van der Waals surface area (Å²) in [7, 11) is 0. The number of hydrogen-bond donors (Lipinski definition) is 2. The van der Waals surface area contributed by atoms with Gasteiger partial charge < -0.3 is 10.6 Å². The zero-order valence-corrected chi connectivity index (χ0v) is 13.1. The molecule has 110 valence electrons. The van der Waals surface area contributed by atoms with Crippen LogP contribution in [0.1, 0.15) is 21.9 Å².